The normalized spacial score (nSPS) is 23.6. The topological polar surface area (TPSA) is 40.9 Å². The summed E-state index contributed by atoms with van der Waals surface area (Å²) in [6.45, 7) is 8.14. The Balaban J connectivity index is 2.97. The van der Waals surface area contributed by atoms with Crippen LogP contribution in [0.2, 0.25) is 0 Å². The molecule has 0 radical (unpaired) electrons. The quantitative estimate of drug-likeness (QED) is 0.590. The van der Waals surface area contributed by atoms with Crippen LogP contribution in [0.5, 0.6) is 0 Å². The second-order valence-corrected chi connectivity index (χ2v) is 5.11. The first-order valence-corrected chi connectivity index (χ1v) is 4.99. The molecule has 0 heterocycles. The standard InChI is InChI=1S/C12H17NO/c1-8-9(7-13)5-10(6-11(8)14)12(2,3)4/h10H,5-6H2,1-4H3/t10-/m0/s1. The highest BCUT2D eigenvalue weighted by molar-refractivity contribution is 5.97. The molecule has 0 fully saturated rings. The first kappa shape index (κ1) is 11.0. The second-order valence-electron chi connectivity index (χ2n) is 5.11. The van der Waals surface area contributed by atoms with Crippen LogP contribution < -0.4 is 0 Å². The Labute approximate surface area is 85.6 Å². The minimum atomic E-state index is 0.110. The van der Waals surface area contributed by atoms with Crippen LogP contribution in [0.1, 0.15) is 40.5 Å². The molecule has 0 aromatic rings. The molecule has 0 unspecified atom stereocenters. The average Bonchev–Trinajstić information content (AvgIpc) is 2.07. The molecular formula is C12H17NO. The van der Waals surface area contributed by atoms with Gasteiger partial charge in [0.05, 0.1) is 6.07 Å². The lowest BCUT2D eigenvalue weighted by Gasteiger charge is -2.33. The predicted octanol–water partition coefficient (Wildman–Crippen LogP) is 2.85. The fraction of sp³-hybridized carbons (Fsp3) is 0.667. The summed E-state index contributed by atoms with van der Waals surface area (Å²) in [6, 6.07) is 2.14. The largest absolute Gasteiger partial charge is 0.295 e. The van der Waals surface area contributed by atoms with E-state index in [4.69, 9.17) is 5.26 Å². The van der Waals surface area contributed by atoms with Crippen LogP contribution >= 0.6 is 0 Å². The molecule has 0 N–H and O–H groups in total. The van der Waals surface area contributed by atoms with Crippen molar-refractivity contribution in [2.45, 2.75) is 40.5 Å². The third-order valence-electron chi connectivity index (χ3n) is 3.11. The number of hydrogen-bond donors (Lipinski definition) is 0. The first-order valence-electron chi connectivity index (χ1n) is 4.99. The van der Waals surface area contributed by atoms with Gasteiger partial charge in [0.1, 0.15) is 0 Å². The van der Waals surface area contributed by atoms with Gasteiger partial charge in [0.15, 0.2) is 5.78 Å². The van der Waals surface area contributed by atoms with Crippen molar-refractivity contribution in [1.82, 2.24) is 0 Å². The summed E-state index contributed by atoms with van der Waals surface area (Å²) in [5.41, 5.74) is 1.47. The maximum absolute atomic E-state index is 11.6. The summed E-state index contributed by atoms with van der Waals surface area (Å²) in [6.07, 6.45) is 1.36. The predicted molar refractivity (Wildman–Crippen MR) is 55.5 cm³/mol. The van der Waals surface area contributed by atoms with Crippen molar-refractivity contribution in [3.8, 4) is 6.07 Å². The molecule has 0 saturated carbocycles. The maximum Gasteiger partial charge on any atom is 0.159 e. The van der Waals surface area contributed by atoms with Crippen LogP contribution in [0, 0.1) is 22.7 Å². The van der Waals surface area contributed by atoms with Gasteiger partial charge in [0.2, 0.25) is 0 Å². The van der Waals surface area contributed by atoms with Gasteiger partial charge in [-0.25, -0.2) is 0 Å². The highest BCUT2D eigenvalue weighted by atomic mass is 16.1. The zero-order valence-electron chi connectivity index (χ0n) is 9.35. The zero-order chi connectivity index (χ0) is 10.9. The van der Waals surface area contributed by atoms with Gasteiger partial charge in [-0.05, 0) is 24.7 Å². The number of Topliss-reactive ketones (excluding diaryl/α,β-unsaturated/α-hetero) is 1. The number of hydrogen-bond acceptors (Lipinski definition) is 2. The monoisotopic (exact) mass is 191 g/mol. The van der Waals surface area contributed by atoms with Crippen molar-refractivity contribution in [1.29, 1.82) is 5.26 Å². The van der Waals surface area contributed by atoms with E-state index in [2.05, 4.69) is 26.8 Å². The molecule has 1 aliphatic carbocycles. The van der Waals surface area contributed by atoms with Crippen molar-refractivity contribution >= 4 is 5.78 Å². The Bertz CT molecular complexity index is 325. The van der Waals surface area contributed by atoms with E-state index in [1.165, 1.54) is 0 Å². The lowest BCUT2D eigenvalue weighted by Crippen LogP contribution is -2.28. The first-order chi connectivity index (χ1) is 6.36. The molecule has 0 aromatic carbocycles. The van der Waals surface area contributed by atoms with E-state index in [-0.39, 0.29) is 11.2 Å². The molecule has 2 nitrogen and oxygen atoms in total. The van der Waals surface area contributed by atoms with E-state index >= 15 is 0 Å². The Hall–Kier alpha value is -1.10. The number of ketones is 1. The van der Waals surface area contributed by atoms with Crippen LogP contribution in [0.4, 0.5) is 0 Å². The van der Waals surface area contributed by atoms with Gasteiger partial charge in [-0.15, -0.1) is 0 Å². The molecule has 76 valence electrons. The summed E-state index contributed by atoms with van der Waals surface area (Å²) in [5.74, 6) is 0.459. The van der Waals surface area contributed by atoms with Crippen molar-refractivity contribution < 1.29 is 4.79 Å². The molecule has 0 saturated heterocycles. The Morgan fingerprint density at radius 1 is 1.36 bits per heavy atom. The van der Waals surface area contributed by atoms with Gasteiger partial charge in [-0.1, -0.05) is 20.8 Å². The fourth-order valence-electron chi connectivity index (χ4n) is 1.76. The number of nitriles is 1. The summed E-state index contributed by atoms with van der Waals surface area (Å²) in [4.78, 5) is 11.6. The molecule has 1 rings (SSSR count). The van der Waals surface area contributed by atoms with E-state index in [9.17, 15) is 4.79 Å². The third kappa shape index (κ3) is 2.04. The summed E-state index contributed by atoms with van der Waals surface area (Å²) >= 11 is 0. The van der Waals surface area contributed by atoms with Crippen LogP contribution in [0.3, 0.4) is 0 Å². The van der Waals surface area contributed by atoms with Gasteiger partial charge in [0, 0.05) is 17.6 Å². The van der Waals surface area contributed by atoms with Crippen molar-refractivity contribution in [3.05, 3.63) is 11.1 Å². The van der Waals surface area contributed by atoms with Gasteiger partial charge >= 0.3 is 0 Å². The fourth-order valence-corrected chi connectivity index (χ4v) is 1.76. The molecule has 1 atom stereocenters. The lowest BCUT2D eigenvalue weighted by molar-refractivity contribution is -0.117. The molecule has 2 heteroatoms. The van der Waals surface area contributed by atoms with Gasteiger partial charge in [0.25, 0.3) is 0 Å². The number of carbonyl (C=O) groups is 1. The summed E-state index contributed by atoms with van der Waals surface area (Å²) in [5, 5.41) is 8.90. The minimum Gasteiger partial charge on any atom is -0.295 e. The Kier molecular flexibility index (Phi) is 2.80. The van der Waals surface area contributed by atoms with Gasteiger partial charge in [-0.2, -0.15) is 5.26 Å². The number of nitrogens with zero attached hydrogens (tertiary/aromatic N) is 1. The van der Waals surface area contributed by atoms with E-state index in [1.807, 2.05) is 0 Å². The van der Waals surface area contributed by atoms with Crippen LogP contribution in [0.15, 0.2) is 11.1 Å². The van der Waals surface area contributed by atoms with Crippen LogP contribution in [0.25, 0.3) is 0 Å². The van der Waals surface area contributed by atoms with Crippen molar-refractivity contribution in [2.75, 3.05) is 0 Å². The van der Waals surface area contributed by atoms with E-state index < -0.39 is 0 Å². The van der Waals surface area contributed by atoms with Gasteiger partial charge < -0.3 is 0 Å². The average molecular weight is 191 g/mol. The second kappa shape index (κ2) is 3.57. The lowest BCUT2D eigenvalue weighted by atomic mass is 9.70. The van der Waals surface area contributed by atoms with E-state index in [0.717, 1.165) is 6.42 Å². The molecule has 0 aromatic heterocycles. The SMILES string of the molecule is CC1=C(C#N)C[C@H](C(C)(C)C)CC1=O. The Morgan fingerprint density at radius 2 is 1.93 bits per heavy atom. The molecule has 1 aliphatic rings. The molecule has 14 heavy (non-hydrogen) atoms. The third-order valence-corrected chi connectivity index (χ3v) is 3.11. The number of carbonyl (C=O) groups excluding carboxylic acids is 1. The zero-order valence-corrected chi connectivity index (χ0v) is 9.35. The van der Waals surface area contributed by atoms with E-state index in [0.29, 0.717) is 23.5 Å². The highest BCUT2D eigenvalue weighted by Gasteiger charge is 2.32. The maximum atomic E-state index is 11.6. The molecule has 0 bridgehead atoms. The van der Waals surface area contributed by atoms with Crippen molar-refractivity contribution in [3.63, 3.8) is 0 Å². The van der Waals surface area contributed by atoms with E-state index in [1.54, 1.807) is 6.92 Å². The van der Waals surface area contributed by atoms with Crippen molar-refractivity contribution in [2.24, 2.45) is 11.3 Å². The number of rotatable bonds is 0. The number of allylic oxidation sites excluding steroid dienone is 2. The molecule has 0 amide bonds. The molecular weight excluding hydrogens is 174 g/mol. The molecule has 0 spiro atoms. The smallest absolute Gasteiger partial charge is 0.159 e. The highest BCUT2D eigenvalue weighted by Crippen LogP contribution is 2.38. The van der Waals surface area contributed by atoms with Gasteiger partial charge in [-0.3, -0.25) is 4.79 Å². The van der Waals surface area contributed by atoms with Crippen LogP contribution in [-0.4, -0.2) is 5.78 Å². The minimum absolute atomic E-state index is 0.110. The summed E-state index contributed by atoms with van der Waals surface area (Å²) < 4.78 is 0. The summed E-state index contributed by atoms with van der Waals surface area (Å²) in [7, 11) is 0. The Morgan fingerprint density at radius 3 is 2.36 bits per heavy atom. The molecule has 0 aliphatic heterocycles. The van der Waals surface area contributed by atoms with Crippen LogP contribution in [-0.2, 0) is 4.79 Å².